The minimum absolute atomic E-state index is 0.0658. The number of ether oxygens (including phenoxy) is 1. The third-order valence-electron chi connectivity index (χ3n) is 4.09. The van der Waals surface area contributed by atoms with E-state index in [2.05, 4.69) is 44.0 Å². The minimum atomic E-state index is 0.0658. The monoisotopic (exact) mass is 248 g/mol. The molecule has 1 aromatic carbocycles. The Hall–Kier alpha value is -1.06. The second kappa shape index (κ2) is 4.90. The second-order valence-corrected chi connectivity index (χ2v) is 5.89. The van der Waals surface area contributed by atoms with Gasteiger partial charge in [-0.15, -0.1) is 0 Å². The van der Waals surface area contributed by atoms with Crippen molar-refractivity contribution in [3.05, 3.63) is 29.3 Å². The molecule has 0 fully saturated rings. The number of methoxy groups -OCH3 is 1. The third-order valence-corrected chi connectivity index (χ3v) is 4.09. The van der Waals surface area contributed by atoms with E-state index in [1.54, 1.807) is 7.11 Å². The molecule has 0 saturated heterocycles. The highest BCUT2D eigenvalue weighted by Gasteiger charge is 2.36. The van der Waals surface area contributed by atoms with Crippen LogP contribution in [0.1, 0.15) is 31.0 Å². The van der Waals surface area contributed by atoms with E-state index in [4.69, 9.17) is 10.5 Å². The Balaban J connectivity index is 2.48. The fraction of sp³-hybridized carbons (Fsp3) is 0.600. The first-order chi connectivity index (χ1) is 8.49. The number of rotatable bonds is 3. The number of likely N-dealkylation sites (N-methyl/N-ethyl adjacent to an activating group) is 1. The number of hydrogen-bond acceptors (Lipinski definition) is 3. The summed E-state index contributed by atoms with van der Waals surface area (Å²) in [5.41, 5.74) is 8.84. The summed E-state index contributed by atoms with van der Waals surface area (Å²) in [6.07, 6.45) is 1.10. The second-order valence-electron chi connectivity index (χ2n) is 5.89. The molecule has 0 aliphatic carbocycles. The minimum Gasteiger partial charge on any atom is -0.497 e. The van der Waals surface area contributed by atoms with E-state index in [9.17, 15) is 0 Å². The molecule has 0 spiro atoms. The fourth-order valence-corrected chi connectivity index (χ4v) is 2.97. The summed E-state index contributed by atoms with van der Waals surface area (Å²) in [4.78, 5) is 2.41. The summed E-state index contributed by atoms with van der Waals surface area (Å²) in [5, 5.41) is 0. The summed E-state index contributed by atoms with van der Waals surface area (Å²) < 4.78 is 5.36. The maximum atomic E-state index is 5.97. The molecule has 3 nitrogen and oxygen atoms in total. The molecule has 1 atom stereocenters. The Labute approximate surface area is 110 Å². The molecular formula is C15H24N2O. The molecule has 2 N–H and O–H groups in total. The zero-order valence-electron chi connectivity index (χ0n) is 11.9. The number of benzene rings is 1. The molecule has 3 heteroatoms. The van der Waals surface area contributed by atoms with E-state index in [0.29, 0.717) is 12.6 Å². The van der Waals surface area contributed by atoms with Crippen molar-refractivity contribution in [1.82, 2.24) is 4.90 Å². The van der Waals surface area contributed by atoms with E-state index in [1.165, 1.54) is 11.1 Å². The highest BCUT2D eigenvalue weighted by Crippen LogP contribution is 2.42. The van der Waals surface area contributed by atoms with Crippen molar-refractivity contribution in [3.8, 4) is 5.75 Å². The van der Waals surface area contributed by atoms with Crippen molar-refractivity contribution in [3.63, 3.8) is 0 Å². The van der Waals surface area contributed by atoms with Crippen molar-refractivity contribution < 1.29 is 4.74 Å². The first kappa shape index (κ1) is 13.4. The van der Waals surface area contributed by atoms with Gasteiger partial charge in [-0.25, -0.2) is 0 Å². The van der Waals surface area contributed by atoms with E-state index < -0.39 is 0 Å². The van der Waals surface area contributed by atoms with Crippen molar-refractivity contribution >= 4 is 0 Å². The Bertz CT molecular complexity index is 429. The smallest absolute Gasteiger partial charge is 0.119 e. The van der Waals surface area contributed by atoms with Gasteiger partial charge in [0.05, 0.1) is 7.11 Å². The number of fused-ring (bicyclic) bond motifs is 1. The number of hydrogen-bond donors (Lipinski definition) is 1. The Morgan fingerprint density at radius 2 is 2.17 bits per heavy atom. The zero-order chi connectivity index (χ0) is 13.3. The zero-order valence-corrected chi connectivity index (χ0v) is 11.9. The van der Waals surface area contributed by atoms with Crippen LogP contribution in [0.4, 0.5) is 0 Å². The molecule has 100 valence electrons. The summed E-state index contributed by atoms with van der Waals surface area (Å²) in [7, 11) is 3.90. The van der Waals surface area contributed by atoms with Gasteiger partial charge in [-0.1, -0.05) is 19.9 Å². The van der Waals surface area contributed by atoms with Crippen LogP contribution in [0.15, 0.2) is 18.2 Å². The van der Waals surface area contributed by atoms with E-state index >= 15 is 0 Å². The SMILES string of the molecule is COc1ccc2c(c1)C(C(C)(C)CN)N(C)CC2. The quantitative estimate of drug-likeness (QED) is 0.891. The highest BCUT2D eigenvalue weighted by atomic mass is 16.5. The fourth-order valence-electron chi connectivity index (χ4n) is 2.97. The molecule has 0 aromatic heterocycles. The molecule has 1 aliphatic heterocycles. The lowest BCUT2D eigenvalue weighted by Crippen LogP contribution is -2.44. The van der Waals surface area contributed by atoms with Gasteiger partial charge in [0.25, 0.3) is 0 Å². The molecule has 1 aliphatic rings. The lowest BCUT2D eigenvalue weighted by Gasteiger charge is -2.44. The third kappa shape index (κ3) is 2.25. The highest BCUT2D eigenvalue weighted by molar-refractivity contribution is 5.40. The van der Waals surface area contributed by atoms with Gasteiger partial charge in [0.1, 0.15) is 5.75 Å². The Morgan fingerprint density at radius 3 is 2.78 bits per heavy atom. The van der Waals surface area contributed by atoms with Crippen molar-refractivity contribution in [1.29, 1.82) is 0 Å². The Morgan fingerprint density at radius 1 is 1.44 bits per heavy atom. The molecule has 2 rings (SSSR count). The van der Waals surface area contributed by atoms with Gasteiger partial charge in [0.2, 0.25) is 0 Å². The lowest BCUT2D eigenvalue weighted by atomic mass is 9.76. The van der Waals surface area contributed by atoms with Crippen molar-refractivity contribution in [2.75, 3.05) is 27.2 Å². The van der Waals surface area contributed by atoms with Gasteiger partial charge < -0.3 is 10.5 Å². The van der Waals surface area contributed by atoms with Crippen LogP contribution in [-0.2, 0) is 6.42 Å². The summed E-state index contributed by atoms with van der Waals surface area (Å²) in [5.74, 6) is 0.932. The standard InChI is InChI=1S/C15H24N2O/c1-15(2,10-16)14-13-9-12(18-4)6-5-11(13)7-8-17(14)3/h5-6,9,14H,7-8,10,16H2,1-4H3. The first-order valence-electron chi connectivity index (χ1n) is 6.56. The van der Waals surface area contributed by atoms with Crippen LogP contribution < -0.4 is 10.5 Å². The molecule has 0 saturated carbocycles. The predicted molar refractivity (Wildman–Crippen MR) is 74.9 cm³/mol. The average Bonchev–Trinajstić information content (AvgIpc) is 2.37. The van der Waals surface area contributed by atoms with E-state index in [-0.39, 0.29) is 5.41 Å². The molecule has 0 bridgehead atoms. The van der Waals surface area contributed by atoms with Crippen LogP contribution in [0, 0.1) is 5.41 Å². The van der Waals surface area contributed by atoms with Crippen LogP contribution in [-0.4, -0.2) is 32.1 Å². The van der Waals surface area contributed by atoms with Crippen LogP contribution in [0.3, 0.4) is 0 Å². The maximum absolute atomic E-state index is 5.97. The van der Waals surface area contributed by atoms with Crippen LogP contribution in [0.2, 0.25) is 0 Å². The molecule has 1 unspecified atom stereocenters. The summed E-state index contributed by atoms with van der Waals surface area (Å²) in [6.45, 7) is 6.25. The number of nitrogens with two attached hydrogens (primary N) is 1. The van der Waals surface area contributed by atoms with Gasteiger partial charge in [-0.2, -0.15) is 0 Å². The van der Waals surface area contributed by atoms with Gasteiger partial charge in [0.15, 0.2) is 0 Å². The molecular weight excluding hydrogens is 224 g/mol. The molecule has 18 heavy (non-hydrogen) atoms. The normalized spacial score (nSPS) is 20.6. The van der Waals surface area contributed by atoms with Gasteiger partial charge in [-0.05, 0) is 48.7 Å². The lowest BCUT2D eigenvalue weighted by molar-refractivity contribution is 0.108. The van der Waals surface area contributed by atoms with Crippen molar-refractivity contribution in [2.24, 2.45) is 11.1 Å². The summed E-state index contributed by atoms with van der Waals surface area (Å²) in [6, 6.07) is 6.78. The number of nitrogens with zero attached hydrogens (tertiary/aromatic N) is 1. The molecule has 0 amide bonds. The maximum Gasteiger partial charge on any atom is 0.119 e. The topological polar surface area (TPSA) is 38.5 Å². The first-order valence-corrected chi connectivity index (χ1v) is 6.56. The largest absolute Gasteiger partial charge is 0.497 e. The van der Waals surface area contributed by atoms with E-state index in [1.807, 2.05) is 0 Å². The van der Waals surface area contributed by atoms with Crippen LogP contribution >= 0.6 is 0 Å². The van der Waals surface area contributed by atoms with Gasteiger partial charge >= 0.3 is 0 Å². The molecule has 1 heterocycles. The van der Waals surface area contributed by atoms with E-state index in [0.717, 1.165) is 18.7 Å². The van der Waals surface area contributed by atoms with Crippen molar-refractivity contribution in [2.45, 2.75) is 26.3 Å². The average molecular weight is 248 g/mol. The van der Waals surface area contributed by atoms with Gasteiger partial charge in [0, 0.05) is 12.6 Å². The van der Waals surface area contributed by atoms with Crippen LogP contribution in [0.25, 0.3) is 0 Å². The molecule has 1 aromatic rings. The summed E-state index contributed by atoms with van der Waals surface area (Å²) >= 11 is 0. The van der Waals surface area contributed by atoms with Crippen LogP contribution in [0.5, 0.6) is 5.75 Å². The Kier molecular flexibility index (Phi) is 3.64. The van der Waals surface area contributed by atoms with Gasteiger partial charge in [-0.3, -0.25) is 4.90 Å². The molecule has 0 radical (unpaired) electrons. The predicted octanol–water partition coefficient (Wildman–Crippen LogP) is 2.21.